The predicted molar refractivity (Wildman–Crippen MR) is 214 cm³/mol. The molecule has 0 bridgehead atoms. The standard InChI is InChI=1S/2C20H18ClF4NO2.2ClH.Ti/c2*1-5-6-28-19-15(24)13(22)17(14(23)16(19)25)26-9-10-7-11(21)8-12(18(10)27)20(2,3)4;;;/h2*5,7-9,27H,1,6H2,2-4H3;2*1H;/q;;;;+2/p-2. The third kappa shape index (κ3) is 13.1. The minimum atomic E-state index is -1.73. The van der Waals surface area contributed by atoms with Crippen molar-refractivity contribution in [1.29, 1.82) is 0 Å². The number of halogens is 12. The molecule has 0 amide bonds. The molecule has 19 heteroatoms. The van der Waals surface area contributed by atoms with Crippen LogP contribution in [0.2, 0.25) is 10.0 Å². The number of rotatable bonds is 10. The molecular formula is C40H36Cl4F8N2O4Ti. The van der Waals surface area contributed by atoms with E-state index in [2.05, 4.69) is 32.6 Å². The number of aromatic hydroxyl groups is 2. The summed E-state index contributed by atoms with van der Waals surface area (Å²) in [4.78, 5) is 6.99. The van der Waals surface area contributed by atoms with Crippen LogP contribution in [0.1, 0.15) is 63.8 Å². The fourth-order valence-corrected chi connectivity index (χ4v) is 5.27. The number of nitrogens with zero attached hydrogens (tertiary/aromatic N) is 2. The van der Waals surface area contributed by atoms with Gasteiger partial charge in [-0.05, 0) is 35.1 Å². The van der Waals surface area contributed by atoms with E-state index < -0.39 is 97.3 Å². The van der Waals surface area contributed by atoms with Gasteiger partial charge in [0.25, 0.3) is 0 Å². The Hall–Kier alpha value is -3.79. The molecule has 0 aliphatic heterocycles. The fraction of sp³-hybridized carbons (Fsp3) is 0.250. The average Bonchev–Trinajstić information content (AvgIpc) is 3.15. The Kier molecular flexibility index (Phi) is 19.3. The van der Waals surface area contributed by atoms with Crippen molar-refractivity contribution in [1.82, 2.24) is 0 Å². The number of hydrogen-bond acceptors (Lipinski definition) is 6. The topological polar surface area (TPSA) is 83.6 Å². The Balaban J connectivity index is 0.000000381. The molecule has 0 spiro atoms. The van der Waals surface area contributed by atoms with Crippen LogP contribution in [0, 0.1) is 46.5 Å². The van der Waals surface area contributed by atoms with Gasteiger partial charge >= 0.3 is 35.6 Å². The summed E-state index contributed by atoms with van der Waals surface area (Å²) in [5.41, 5.74) is -2.38. The van der Waals surface area contributed by atoms with E-state index in [0.29, 0.717) is 11.1 Å². The van der Waals surface area contributed by atoms with E-state index in [1.807, 2.05) is 41.5 Å². The first-order chi connectivity index (χ1) is 27.4. The van der Waals surface area contributed by atoms with Crippen LogP contribution in [-0.4, -0.2) is 35.9 Å². The first-order valence-electron chi connectivity index (χ1n) is 16.7. The summed E-state index contributed by atoms with van der Waals surface area (Å²) in [5, 5.41) is 21.3. The Bertz CT molecular complexity index is 2040. The van der Waals surface area contributed by atoms with Crippen LogP contribution in [0.3, 0.4) is 0 Å². The van der Waals surface area contributed by atoms with Gasteiger partial charge in [-0.2, -0.15) is 17.6 Å². The normalized spacial score (nSPS) is 11.5. The molecule has 4 rings (SSSR count). The summed E-state index contributed by atoms with van der Waals surface area (Å²) >= 11 is 11.5. The molecule has 4 aromatic rings. The van der Waals surface area contributed by atoms with Crippen molar-refractivity contribution in [3.8, 4) is 23.0 Å². The summed E-state index contributed by atoms with van der Waals surface area (Å²) < 4.78 is 122. The van der Waals surface area contributed by atoms with Crippen LogP contribution < -0.4 is 9.47 Å². The molecule has 0 radical (unpaired) electrons. The zero-order chi connectivity index (χ0) is 45.2. The number of benzene rings is 4. The second-order valence-corrected chi connectivity index (χ2v) is 17.4. The number of phenols is 2. The van der Waals surface area contributed by atoms with Crippen molar-refractivity contribution >= 4 is 65.6 Å². The molecule has 318 valence electrons. The maximum atomic E-state index is 14.2. The SMILES string of the molecule is C=CCOc1c(F)c(F)c(N=Cc2cc(Cl)cc(C(C)(C)C)c2O)c(F)c1F.C=CCOc1c(F)c(F)c(N=Cc2cc(Cl)cc(C(C)(C)C)c2O)c(F)c1F.[Cl][Ti][Cl]. The van der Waals surface area contributed by atoms with Crippen molar-refractivity contribution in [2.24, 2.45) is 9.98 Å². The monoisotopic (exact) mass is 948 g/mol. The summed E-state index contributed by atoms with van der Waals surface area (Å²) in [5.74, 6) is -16.6. The van der Waals surface area contributed by atoms with Crippen LogP contribution in [0.5, 0.6) is 23.0 Å². The van der Waals surface area contributed by atoms with Gasteiger partial charge in [0.2, 0.25) is 23.3 Å². The van der Waals surface area contributed by atoms with E-state index in [0.717, 1.165) is 24.6 Å². The third-order valence-corrected chi connectivity index (χ3v) is 8.02. The summed E-state index contributed by atoms with van der Waals surface area (Å²) in [6.07, 6.45) is 4.08. The predicted octanol–water partition coefficient (Wildman–Crippen LogP) is 13.8. The second-order valence-electron chi connectivity index (χ2n) is 13.9. The average molecular weight is 950 g/mol. The van der Waals surface area contributed by atoms with Gasteiger partial charge in [0.1, 0.15) is 36.1 Å². The van der Waals surface area contributed by atoms with Gasteiger partial charge in [-0.15, -0.1) is 0 Å². The first kappa shape index (κ1) is 51.4. The first-order valence-corrected chi connectivity index (χ1v) is 21.7. The van der Waals surface area contributed by atoms with E-state index in [1.54, 1.807) is 12.1 Å². The maximum absolute atomic E-state index is 14.2. The molecule has 4 aromatic carbocycles. The molecule has 0 saturated heterocycles. The molecule has 59 heavy (non-hydrogen) atoms. The second kappa shape index (κ2) is 22.2. The molecule has 0 fully saturated rings. The van der Waals surface area contributed by atoms with Gasteiger partial charge in [-0.25, -0.2) is 27.5 Å². The van der Waals surface area contributed by atoms with Crippen molar-refractivity contribution in [2.45, 2.75) is 52.4 Å². The van der Waals surface area contributed by atoms with Gasteiger partial charge in [-0.1, -0.05) is 90.1 Å². The summed E-state index contributed by atoms with van der Waals surface area (Å²) in [6, 6.07) is 5.69. The quantitative estimate of drug-likeness (QED) is 0.0545. The third-order valence-electron chi connectivity index (χ3n) is 7.58. The Morgan fingerprint density at radius 2 is 0.847 bits per heavy atom. The van der Waals surface area contributed by atoms with Crippen LogP contribution in [-0.2, 0) is 27.9 Å². The Labute approximate surface area is 362 Å². The van der Waals surface area contributed by atoms with E-state index in [1.165, 1.54) is 12.1 Å². The number of phenolic OH excluding ortho intramolecular Hbond substituents is 2. The van der Waals surface area contributed by atoms with Crippen LogP contribution in [0.4, 0.5) is 46.5 Å². The van der Waals surface area contributed by atoms with Crippen molar-refractivity contribution in [3.05, 3.63) is 128 Å². The molecule has 0 aliphatic rings. The molecule has 6 nitrogen and oxygen atoms in total. The van der Waals surface area contributed by atoms with Gasteiger partial charge in [-0.3, -0.25) is 0 Å². The molecule has 0 heterocycles. The summed E-state index contributed by atoms with van der Waals surface area (Å²) in [7, 11) is 9.78. The Morgan fingerprint density at radius 3 is 1.08 bits per heavy atom. The van der Waals surface area contributed by atoms with Crippen molar-refractivity contribution in [3.63, 3.8) is 0 Å². The van der Waals surface area contributed by atoms with E-state index in [9.17, 15) is 45.3 Å². The van der Waals surface area contributed by atoms with Gasteiger partial charge < -0.3 is 19.7 Å². The van der Waals surface area contributed by atoms with E-state index >= 15 is 0 Å². The van der Waals surface area contributed by atoms with E-state index in [-0.39, 0.29) is 45.9 Å². The van der Waals surface area contributed by atoms with Gasteiger partial charge in [0, 0.05) is 44.7 Å². The number of ether oxygens (including phenoxy) is 2. The van der Waals surface area contributed by atoms with Crippen molar-refractivity contribution in [2.75, 3.05) is 13.2 Å². The van der Waals surface area contributed by atoms with Crippen LogP contribution in [0.15, 0.2) is 59.6 Å². The molecule has 0 aromatic heterocycles. The molecule has 0 unspecified atom stereocenters. The van der Waals surface area contributed by atoms with Crippen LogP contribution >= 0.6 is 41.8 Å². The summed E-state index contributed by atoms with van der Waals surface area (Å²) in [6.45, 7) is 16.8. The molecule has 0 aliphatic carbocycles. The zero-order valence-electron chi connectivity index (χ0n) is 32.1. The number of hydrogen-bond donors (Lipinski definition) is 2. The fourth-order valence-electron chi connectivity index (χ4n) is 4.81. The van der Waals surface area contributed by atoms with Gasteiger partial charge in [0.05, 0.1) is 0 Å². The van der Waals surface area contributed by atoms with Crippen LogP contribution in [0.25, 0.3) is 0 Å². The van der Waals surface area contributed by atoms with Crippen molar-refractivity contribution < 1.29 is 71.8 Å². The molecule has 0 saturated carbocycles. The Morgan fingerprint density at radius 1 is 0.576 bits per heavy atom. The molecule has 0 atom stereocenters. The van der Waals surface area contributed by atoms with E-state index in [4.69, 9.17) is 41.8 Å². The minimum absolute atomic E-state index is 0.0315. The molecular weight excluding hydrogens is 914 g/mol. The zero-order valence-corrected chi connectivity index (χ0v) is 36.7. The van der Waals surface area contributed by atoms with Gasteiger partial charge in [0.15, 0.2) is 34.8 Å². The number of aliphatic imine (C=N–C) groups is 2. The molecule has 2 N–H and O–H groups in total.